The van der Waals surface area contributed by atoms with Gasteiger partial charge >= 0.3 is 0 Å². The fraction of sp³-hybridized carbons (Fsp3) is 0.125. The lowest BCUT2D eigenvalue weighted by atomic mass is 10.0. The summed E-state index contributed by atoms with van der Waals surface area (Å²) in [6, 6.07) is 23.5. The quantitative estimate of drug-likeness (QED) is 0.517. The molecule has 1 heterocycles. The maximum Gasteiger partial charge on any atom is 0.275 e. The number of halogens is 1. The molecular weight excluding hydrogens is 367 g/mol. The van der Waals surface area contributed by atoms with Crippen LogP contribution in [0.4, 0.5) is 4.39 Å². The number of para-hydroxylation sites is 1. The van der Waals surface area contributed by atoms with Gasteiger partial charge in [-0.2, -0.15) is 0 Å². The van der Waals surface area contributed by atoms with E-state index in [4.69, 9.17) is 4.74 Å². The Morgan fingerprint density at radius 1 is 0.897 bits per heavy atom. The Morgan fingerprint density at radius 3 is 2.24 bits per heavy atom. The number of hydrogen-bond donors (Lipinski definition) is 1. The maximum absolute atomic E-state index is 13.2. The second-order valence-corrected chi connectivity index (χ2v) is 6.80. The zero-order valence-corrected chi connectivity index (χ0v) is 16.1. The molecule has 0 aliphatic rings. The number of methoxy groups -OCH3 is 1. The van der Waals surface area contributed by atoms with E-state index >= 15 is 0 Å². The van der Waals surface area contributed by atoms with E-state index in [2.05, 4.69) is 5.10 Å². The van der Waals surface area contributed by atoms with Crippen molar-refractivity contribution in [2.45, 2.75) is 12.8 Å². The molecule has 0 fully saturated rings. The molecule has 4 aromatic rings. The summed E-state index contributed by atoms with van der Waals surface area (Å²) in [5.74, 6) is 0.493. The van der Waals surface area contributed by atoms with Crippen molar-refractivity contribution in [1.82, 2.24) is 9.78 Å². The van der Waals surface area contributed by atoms with E-state index in [0.29, 0.717) is 18.4 Å². The zero-order valence-electron chi connectivity index (χ0n) is 16.1. The van der Waals surface area contributed by atoms with Gasteiger partial charge in [-0.25, -0.2) is 9.07 Å². The van der Waals surface area contributed by atoms with Crippen LogP contribution < -0.4 is 10.3 Å². The van der Waals surface area contributed by atoms with Crippen molar-refractivity contribution in [3.05, 3.63) is 106 Å². The number of H-pyrrole nitrogens is 1. The first-order chi connectivity index (χ1) is 14.2. The highest BCUT2D eigenvalue weighted by Crippen LogP contribution is 2.24. The highest BCUT2D eigenvalue weighted by atomic mass is 19.1. The minimum Gasteiger partial charge on any atom is -0.497 e. The molecule has 1 N–H and O–H groups in total. The van der Waals surface area contributed by atoms with Crippen LogP contribution in [0.25, 0.3) is 16.9 Å². The molecule has 29 heavy (non-hydrogen) atoms. The minimum absolute atomic E-state index is 0.0795. The molecule has 4 nitrogen and oxygen atoms in total. The normalized spacial score (nSPS) is 10.8. The third kappa shape index (κ3) is 3.99. The predicted molar refractivity (Wildman–Crippen MR) is 112 cm³/mol. The maximum atomic E-state index is 13.2. The number of hydrogen-bond acceptors (Lipinski definition) is 2. The molecule has 1 aromatic heterocycles. The van der Waals surface area contributed by atoms with Gasteiger partial charge in [0.1, 0.15) is 11.6 Å². The summed E-state index contributed by atoms with van der Waals surface area (Å²) < 4.78 is 20.0. The number of aromatic amines is 1. The van der Waals surface area contributed by atoms with Crippen molar-refractivity contribution in [3.8, 4) is 22.7 Å². The summed E-state index contributed by atoms with van der Waals surface area (Å²) in [5, 5.41) is 3.27. The standard InChI is InChI=1S/C24H21FN2O2/c1-29-21-14-10-18(11-15-21)23-22(16-9-17-7-12-19(25)13-8-17)24(28)27(26-23)20-5-3-2-4-6-20/h2-8,10-15,26H,9,16H2,1H3. The van der Waals surface area contributed by atoms with E-state index < -0.39 is 0 Å². The van der Waals surface area contributed by atoms with Crippen LogP contribution in [0, 0.1) is 5.82 Å². The molecule has 3 aromatic carbocycles. The molecule has 0 amide bonds. The van der Waals surface area contributed by atoms with Crippen LogP contribution in [0.15, 0.2) is 83.7 Å². The van der Waals surface area contributed by atoms with E-state index in [1.165, 1.54) is 12.1 Å². The van der Waals surface area contributed by atoms with Crippen LogP contribution in [-0.4, -0.2) is 16.9 Å². The Morgan fingerprint density at radius 2 is 1.59 bits per heavy atom. The van der Waals surface area contributed by atoms with E-state index in [1.807, 2.05) is 54.6 Å². The van der Waals surface area contributed by atoms with Crippen LogP contribution in [-0.2, 0) is 12.8 Å². The SMILES string of the molecule is COc1ccc(-c2[nH]n(-c3ccccc3)c(=O)c2CCc2ccc(F)cc2)cc1. The molecule has 5 heteroatoms. The van der Waals surface area contributed by atoms with Crippen LogP contribution in [0.1, 0.15) is 11.1 Å². The van der Waals surface area contributed by atoms with E-state index in [-0.39, 0.29) is 11.4 Å². The van der Waals surface area contributed by atoms with Gasteiger partial charge in [0.2, 0.25) is 0 Å². The molecule has 0 saturated carbocycles. The molecule has 0 aliphatic heterocycles. The van der Waals surface area contributed by atoms with Crippen molar-refractivity contribution in [3.63, 3.8) is 0 Å². The number of aromatic nitrogens is 2. The summed E-state index contributed by atoms with van der Waals surface area (Å²) in [7, 11) is 1.62. The average molecular weight is 388 g/mol. The third-order valence-corrected chi connectivity index (χ3v) is 4.96. The lowest BCUT2D eigenvalue weighted by Gasteiger charge is -2.05. The Hall–Kier alpha value is -3.60. The Balaban J connectivity index is 1.75. The Bertz CT molecular complexity index is 1140. The first-order valence-electron chi connectivity index (χ1n) is 9.44. The van der Waals surface area contributed by atoms with Crippen molar-refractivity contribution >= 4 is 0 Å². The minimum atomic E-state index is -0.263. The molecule has 0 saturated heterocycles. The molecule has 0 bridgehead atoms. The second kappa shape index (κ2) is 8.19. The predicted octanol–water partition coefficient (Wildman–Crippen LogP) is 4.77. The topological polar surface area (TPSA) is 47.0 Å². The lowest BCUT2D eigenvalue weighted by Crippen LogP contribution is -2.17. The highest BCUT2D eigenvalue weighted by molar-refractivity contribution is 5.64. The van der Waals surface area contributed by atoms with E-state index in [0.717, 1.165) is 28.3 Å². The smallest absolute Gasteiger partial charge is 0.275 e. The van der Waals surface area contributed by atoms with Crippen LogP contribution in [0.5, 0.6) is 5.75 Å². The van der Waals surface area contributed by atoms with Gasteiger partial charge in [-0.05, 0) is 66.9 Å². The second-order valence-electron chi connectivity index (χ2n) is 6.80. The molecular formula is C24H21FN2O2. The molecule has 0 aliphatic carbocycles. The monoisotopic (exact) mass is 388 g/mol. The Kier molecular flexibility index (Phi) is 5.29. The summed E-state index contributed by atoms with van der Waals surface area (Å²) >= 11 is 0. The molecule has 0 atom stereocenters. The third-order valence-electron chi connectivity index (χ3n) is 4.96. The summed E-state index contributed by atoms with van der Waals surface area (Å²) in [5.41, 5.74) is 4.07. The highest BCUT2D eigenvalue weighted by Gasteiger charge is 2.17. The van der Waals surface area contributed by atoms with Crippen molar-refractivity contribution in [2.75, 3.05) is 7.11 Å². The van der Waals surface area contributed by atoms with Gasteiger partial charge < -0.3 is 4.74 Å². The molecule has 0 spiro atoms. The van der Waals surface area contributed by atoms with Crippen molar-refractivity contribution < 1.29 is 9.13 Å². The summed E-state index contributed by atoms with van der Waals surface area (Å²) in [6.45, 7) is 0. The van der Waals surface area contributed by atoms with Gasteiger partial charge in [-0.15, -0.1) is 0 Å². The molecule has 146 valence electrons. The summed E-state index contributed by atoms with van der Waals surface area (Å²) in [6.07, 6.45) is 1.19. The fourth-order valence-corrected chi connectivity index (χ4v) is 3.38. The molecule has 0 unspecified atom stereocenters. The average Bonchev–Trinajstić information content (AvgIpc) is 3.10. The first-order valence-corrected chi connectivity index (χ1v) is 9.44. The Labute approximate surface area is 168 Å². The van der Waals surface area contributed by atoms with Gasteiger partial charge in [0, 0.05) is 11.1 Å². The number of ether oxygens (including phenoxy) is 1. The molecule has 0 radical (unpaired) electrons. The fourth-order valence-electron chi connectivity index (χ4n) is 3.38. The van der Waals surface area contributed by atoms with Crippen LogP contribution >= 0.6 is 0 Å². The van der Waals surface area contributed by atoms with Gasteiger partial charge in [0.15, 0.2) is 0 Å². The van der Waals surface area contributed by atoms with E-state index in [1.54, 1.807) is 23.9 Å². The van der Waals surface area contributed by atoms with Crippen LogP contribution in [0.2, 0.25) is 0 Å². The van der Waals surface area contributed by atoms with E-state index in [9.17, 15) is 9.18 Å². The van der Waals surface area contributed by atoms with Gasteiger partial charge in [0.05, 0.1) is 18.5 Å². The van der Waals surface area contributed by atoms with Gasteiger partial charge in [0.25, 0.3) is 5.56 Å². The molecule has 4 rings (SSSR count). The van der Waals surface area contributed by atoms with Crippen molar-refractivity contribution in [1.29, 1.82) is 0 Å². The first kappa shape index (κ1) is 18.7. The lowest BCUT2D eigenvalue weighted by molar-refractivity contribution is 0.415. The van der Waals surface area contributed by atoms with Crippen LogP contribution in [0.3, 0.4) is 0 Å². The largest absolute Gasteiger partial charge is 0.497 e. The number of nitrogens with one attached hydrogen (secondary N) is 1. The van der Waals surface area contributed by atoms with Crippen molar-refractivity contribution in [2.24, 2.45) is 0 Å². The summed E-state index contributed by atoms with van der Waals surface area (Å²) in [4.78, 5) is 13.2. The number of nitrogens with zero attached hydrogens (tertiary/aromatic N) is 1. The van der Waals surface area contributed by atoms with Gasteiger partial charge in [-0.1, -0.05) is 30.3 Å². The number of aryl methyl sites for hydroxylation is 1. The zero-order chi connectivity index (χ0) is 20.2. The number of benzene rings is 3. The number of rotatable bonds is 6. The van der Waals surface area contributed by atoms with Gasteiger partial charge in [-0.3, -0.25) is 9.89 Å².